The fourth-order valence-electron chi connectivity index (χ4n) is 0.893. The molecule has 1 radical (unpaired) electrons. The second-order valence-corrected chi connectivity index (χ2v) is 3.62. The van der Waals surface area contributed by atoms with E-state index in [1.165, 1.54) is 17.0 Å². The zero-order chi connectivity index (χ0) is 11.5. The Morgan fingerprint density at radius 3 is 2.93 bits per heavy atom. The number of ether oxygens (including phenoxy) is 1. The molecule has 15 heavy (non-hydrogen) atoms. The minimum atomic E-state index is -0.536. The van der Waals surface area contributed by atoms with E-state index in [0.29, 0.717) is 0 Å². The van der Waals surface area contributed by atoms with Crippen molar-refractivity contribution in [3.05, 3.63) is 28.9 Å². The van der Waals surface area contributed by atoms with Gasteiger partial charge in [-0.25, -0.2) is 4.57 Å². The SMILES string of the molecule is C[CH]C(C)(C)OCn1ccnc1[N+](=O)[O-]. The Balaban J connectivity index is 2.65. The monoisotopic (exact) mass is 212 g/mol. The third-order valence-electron chi connectivity index (χ3n) is 2.13. The third kappa shape index (κ3) is 3.02. The first-order valence-corrected chi connectivity index (χ1v) is 4.56. The van der Waals surface area contributed by atoms with Gasteiger partial charge >= 0.3 is 5.95 Å². The van der Waals surface area contributed by atoms with Gasteiger partial charge in [0.2, 0.25) is 0 Å². The lowest BCUT2D eigenvalue weighted by molar-refractivity contribution is -0.397. The summed E-state index contributed by atoms with van der Waals surface area (Å²) in [6, 6.07) is 0. The topological polar surface area (TPSA) is 70.2 Å². The Hall–Kier alpha value is -1.43. The van der Waals surface area contributed by atoms with Crippen molar-refractivity contribution in [1.29, 1.82) is 0 Å². The van der Waals surface area contributed by atoms with Crippen molar-refractivity contribution in [3.8, 4) is 0 Å². The fourth-order valence-corrected chi connectivity index (χ4v) is 0.893. The molecule has 6 heteroatoms. The molecule has 0 spiro atoms. The van der Waals surface area contributed by atoms with E-state index in [2.05, 4.69) is 4.98 Å². The molecule has 83 valence electrons. The second kappa shape index (κ2) is 4.39. The Bertz CT molecular complexity index is 346. The summed E-state index contributed by atoms with van der Waals surface area (Å²) < 4.78 is 6.83. The number of rotatable bonds is 5. The Morgan fingerprint density at radius 2 is 2.40 bits per heavy atom. The van der Waals surface area contributed by atoms with Crippen molar-refractivity contribution in [1.82, 2.24) is 9.55 Å². The van der Waals surface area contributed by atoms with Gasteiger partial charge < -0.3 is 14.9 Å². The quantitative estimate of drug-likeness (QED) is 0.551. The number of aromatic nitrogens is 2. The van der Waals surface area contributed by atoms with Crippen molar-refractivity contribution in [2.45, 2.75) is 33.1 Å². The van der Waals surface area contributed by atoms with Crippen LogP contribution < -0.4 is 0 Å². The average Bonchev–Trinajstić information content (AvgIpc) is 2.63. The molecular weight excluding hydrogens is 198 g/mol. The van der Waals surface area contributed by atoms with Crippen LogP contribution in [0.2, 0.25) is 0 Å². The number of imidazole rings is 1. The molecule has 0 bridgehead atoms. The lowest BCUT2D eigenvalue weighted by Crippen LogP contribution is -2.25. The van der Waals surface area contributed by atoms with Crippen LogP contribution in [0.25, 0.3) is 0 Å². The van der Waals surface area contributed by atoms with Crippen LogP contribution in [0.15, 0.2) is 12.4 Å². The first-order chi connectivity index (χ1) is 6.96. The molecule has 0 unspecified atom stereocenters. The summed E-state index contributed by atoms with van der Waals surface area (Å²) >= 11 is 0. The van der Waals surface area contributed by atoms with Crippen LogP contribution >= 0.6 is 0 Å². The number of nitro groups is 1. The first kappa shape index (κ1) is 11.6. The number of hydrogen-bond acceptors (Lipinski definition) is 4. The van der Waals surface area contributed by atoms with Gasteiger partial charge in [0, 0.05) is 0 Å². The van der Waals surface area contributed by atoms with Gasteiger partial charge in [0.1, 0.15) is 12.4 Å². The van der Waals surface area contributed by atoms with Crippen LogP contribution in [0.3, 0.4) is 0 Å². The highest BCUT2D eigenvalue weighted by molar-refractivity contribution is 5.05. The molecule has 0 N–H and O–H groups in total. The maximum atomic E-state index is 10.5. The predicted octanol–water partition coefficient (Wildman–Crippen LogP) is 1.77. The minimum Gasteiger partial charge on any atom is -0.390 e. The van der Waals surface area contributed by atoms with Crippen molar-refractivity contribution in [2.75, 3.05) is 0 Å². The van der Waals surface area contributed by atoms with Crippen LogP contribution in [0.5, 0.6) is 0 Å². The van der Waals surface area contributed by atoms with Crippen molar-refractivity contribution in [2.24, 2.45) is 0 Å². The van der Waals surface area contributed by atoms with E-state index < -0.39 is 10.5 Å². The van der Waals surface area contributed by atoms with E-state index in [9.17, 15) is 10.1 Å². The average molecular weight is 212 g/mol. The molecule has 1 heterocycles. The van der Waals surface area contributed by atoms with E-state index >= 15 is 0 Å². The normalized spacial score (nSPS) is 11.7. The fraction of sp³-hybridized carbons (Fsp3) is 0.556. The van der Waals surface area contributed by atoms with E-state index in [4.69, 9.17) is 4.74 Å². The van der Waals surface area contributed by atoms with Gasteiger partial charge in [-0.1, -0.05) is 11.9 Å². The standard InChI is InChI=1S/C9H14N3O3/c1-4-9(2,3)15-7-11-6-5-10-8(11)12(13)14/h4-6H,7H2,1-3H3. The zero-order valence-electron chi connectivity index (χ0n) is 9.01. The zero-order valence-corrected chi connectivity index (χ0v) is 9.01. The molecule has 0 amide bonds. The summed E-state index contributed by atoms with van der Waals surface area (Å²) in [7, 11) is 0. The van der Waals surface area contributed by atoms with Gasteiger partial charge in [-0.05, 0) is 25.2 Å². The maximum absolute atomic E-state index is 10.5. The Labute approximate surface area is 88.0 Å². The van der Waals surface area contributed by atoms with Crippen molar-refractivity contribution < 1.29 is 9.66 Å². The molecule has 0 fully saturated rings. The summed E-state index contributed by atoms with van der Waals surface area (Å²) in [5.41, 5.74) is -0.405. The molecule has 0 aliphatic heterocycles. The lowest BCUT2D eigenvalue weighted by atomic mass is 10.1. The van der Waals surface area contributed by atoms with Gasteiger partial charge in [0.15, 0.2) is 6.73 Å². The Morgan fingerprint density at radius 1 is 1.73 bits per heavy atom. The molecule has 0 aromatic carbocycles. The summed E-state index contributed by atoms with van der Waals surface area (Å²) in [6.07, 6.45) is 4.78. The molecule has 6 nitrogen and oxygen atoms in total. The van der Waals surface area contributed by atoms with E-state index in [-0.39, 0.29) is 12.7 Å². The molecule has 1 rings (SSSR count). The second-order valence-electron chi connectivity index (χ2n) is 3.62. The van der Waals surface area contributed by atoms with Crippen LogP contribution in [-0.2, 0) is 11.5 Å². The highest BCUT2D eigenvalue weighted by Crippen LogP contribution is 2.15. The molecule has 0 saturated heterocycles. The van der Waals surface area contributed by atoms with Crippen LogP contribution in [0, 0.1) is 16.5 Å². The smallest absolute Gasteiger partial charge is 0.390 e. The summed E-state index contributed by atoms with van der Waals surface area (Å²) in [5, 5.41) is 10.5. The number of hydrogen-bond donors (Lipinski definition) is 0. The predicted molar refractivity (Wildman–Crippen MR) is 54.0 cm³/mol. The van der Waals surface area contributed by atoms with Gasteiger partial charge in [0.25, 0.3) is 0 Å². The summed E-state index contributed by atoms with van der Waals surface area (Å²) in [5.74, 6) is -0.207. The largest absolute Gasteiger partial charge is 0.436 e. The van der Waals surface area contributed by atoms with Crippen molar-refractivity contribution in [3.63, 3.8) is 0 Å². The van der Waals surface area contributed by atoms with Crippen LogP contribution in [-0.4, -0.2) is 20.1 Å². The highest BCUT2D eigenvalue weighted by atomic mass is 16.6. The molecule has 1 aromatic heterocycles. The van der Waals surface area contributed by atoms with Gasteiger partial charge in [-0.2, -0.15) is 0 Å². The molecule has 1 aromatic rings. The molecule has 0 atom stereocenters. The van der Waals surface area contributed by atoms with Crippen LogP contribution in [0.1, 0.15) is 20.8 Å². The summed E-state index contributed by atoms with van der Waals surface area (Å²) in [6.45, 7) is 5.77. The van der Waals surface area contributed by atoms with E-state index in [0.717, 1.165) is 0 Å². The van der Waals surface area contributed by atoms with Gasteiger partial charge in [-0.3, -0.25) is 0 Å². The third-order valence-corrected chi connectivity index (χ3v) is 2.13. The van der Waals surface area contributed by atoms with Gasteiger partial charge in [0.05, 0.1) is 5.60 Å². The minimum absolute atomic E-state index is 0.119. The molecule has 0 saturated carbocycles. The molecule has 0 aliphatic rings. The lowest BCUT2D eigenvalue weighted by Gasteiger charge is -2.22. The maximum Gasteiger partial charge on any atom is 0.436 e. The molecular formula is C9H14N3O3. The van der Waals surface area contributed by atoms with E-state index in [1.54, 1.807) is 0 Å². The number of nitrogens with zero attached hydrogens (tertiary/aromatic N) is 3. The Kier molecular flexibility index (Phi) is 3.41. The first-order valence-electron chi connectivity index (χ1n) is 4.56. The summed E-state index contributed by atoms with van der Waals surface area (Å²) in [4.78, 5) is 13.6. The van der Waals surface area contributed by atoms with Crippen molar-refractivity contribution >= 4 is 5.95 Å². The highest BCUT2D eigenvalue weighted by Gasteiger charge is 2.19. The molecule has 0 aliphatic carbocycles. The van der Waals surface area contributed by atoms with E-state index in [1.807, 2.05) is 27.2 Å². The van der Waals surface area contributed by atoms with Crippen LogP contribution in [0.4, 0.5) is 5.95 Å². The van der Waals surface area contributed by atoms with Gasteiger partial charge in [-0.15, -0.1) is 0 Å².